The molecule has 0 aliphatic carbocycles. The van der Waals surface area contributed by atoms with Gasteiger partial charge in [-0.25, -0.2) is 9.18 Å². The van der Waals surface area contributed by atoms with Gasteiger partial charge in [-0.2, -0.15) is 0 Å². The highest BCUT2D eigenvalue weighted by Gasteiger charge is 2.38. The summed E-state index contributed by atoms with van der Waals surface area (Å²) in [5, 5.41) is 18.3. The number of rotatable bonds is 4. The van der Waals surface area contributed by atoms with Crippen LogP contribution in [0, 0.1) is 11.7 Å². The van der Waals surface area contributed by atoms with Crippen LogP contribution in [0.15, 0.2) is 24.3 Å². The molecule has 2 rings (SSSR count). The Hall–Kier alpha value is -1.95. The summed E-state index contributed by atoms with van der Waals surface area (Å²) in [7, 11) is 0. The third-order valence-electron chi connectivity index (χ3n) is 3.23. The maximum atomic E-state index is 12.9. The highest BCUT2D eigenvalue weighted by atomic mass is 19.1. The molecule has 1 aromatic rings. The summed E-state index contributed by atoms with van der Waals surface area (Å²) in [6.07, 6.45) is 0.140. The summed E-state index contributed by atoms with van der Waals surface area (Å²) in [5.41, 5.74) is 0.348. The molecule has 1 amide bonds. The Labute approximate surface area is 109 Å². The van der Waals surface area contributed by atoms with Crippen molar-refractivity contribution < 1.29 is 24.2 Å². The molecule has 2 N–H and O–H groups in total. The fraction of sp³-hybridized carbons (Fsp3) is 0.385. The number of aliphatic hydroxyl groups is 1. The number of aliphatic hydroxyl groups excluding tert-OH is 1. The fourth-order valence-corrected chi connectivity index (χ4v) is 2.28. The van der Waals surface area contributed by atoms with Crippen LogP contribution < -0.4 is 0 Å². The highest BCUT2D eigenvalue weighted by molar-refractivity contribution is 5.86. The van der Waals surface area contributed by atoms with Gasteiger partial charge in [0.2, 0.25) is 5.91 Å². The maximum Gasteiger partial charge on any atom is 0.331 e. The Morgan fingerprint density at radius 1 is 1.42 bits per heavy atom. The first-order chi connectivity index (χ1) is 9.02. The number of amides is 1. The number of benzene rings is 1. The Morgan fingerprint density at radius 2 is 2.05 bits per heavy atom. The summed E-state index contributed by atoms with van der Waals surface area (Å²) < 4.78 is 12.9. The van der Waals surface area contributed by atoms with Gasteiger partial charge >= 0.3 is 5.97 Å². The Morgan fingerprint density at radius 3 is 2.53 bits per heavy atom. The van der Waals surface area contributed by atoms with E-state index in [0.29, 0.717) is 5.56 Å². The number of aliphatic carboxylic acids is 1. The third-order valence-corrected chi connectivity index (χ3v) is 3.23. The van der Waals surface area contributed by atoms with Crippen molar-refractivity contribution in [2.45, 2.75) is 12.5 Å². The Bertz CT molecular complexity index is 488. The molecule has 1 saturated heterocycles. The van der Waals surface area contributed by atoms with Crippen molar-refractivity contribution in [1.29, 1.82) is 0 Å². The van der Waals surface area contributed by atoms with Gasteiger partial charge in [0.25, 0.3) is 0 Å². The molecule has 5 nitrogen and oxygen atoms in total. The predicted molar refractivity (Wildman–Crippen MR) is 63.7 cm³/mol. The van der Waals surface area contributed by atoms with Gasteiger partial charge in [0.05, 0.1) is 0 Å². The first kappa shape index (κ1) is 13.5. The topological polar surface area (TPSA) is 77.8 Å². The van der Waals surface area contributed by atoms with E-state index in [-0.39, 0.29) is 31.4 Å². The quantitative estimate of drug-likeness (QED) is 0.845. The van der Waals surface area contributed by atoms with Crippen LogP contribution in [0.5, 0.6) is 0 Å². The molecule has 1 aromatic carbocycles. The lowest BCUT2D eigenvalue weighted by Crippen LogP contribution is -2.35. The van der Waals surface area contributed by atoms with Crippen LogP contribution >= 0.6 is 0 Å². The number of hydrogen-bond donors (Lipinski definition) is 2. The molecule has 0 radical (unpaired) electrons. The van der Waals surface area contributed by atoms with Crippen molar-refractivity contribution in [1.82, 2.24) is 4.90 Å². The largest absolute Gasteiger partial charge is 0.479 e. The average Bonchev–Trinajstić information content (AvgIpc) is 2.73. The molecule has 0 aromatic heterocycles. The van der Waals surface area contributed by atoms with Crippen LogP contribution in [0.4, 0.5) is 4.39 Å². The molecular formula is C13H14FNO4. The molecule has 19 heavy (non-hydrogen) atoms. The van der Waals surface area contributed by atoms with E-state index in [4.69, 9.17) is 5.11 Å². The van der Waals surface area contributed by atoms with E-state index in [9.17, 15) is 19.1 Å². The smallest absolute Gasteiger partial charge is 0.331 e. The number of nitrogens with zero attached hydrogens (tertiary/aromatic N) is 1. The lowest BCUT2D eigenvalue weighted by Gasteiger charge is -2.25. The second kappa shape index (κ2) is 5.36. The number of carbonyl (C=O) groups excluding carboxylic acids is 1. The predicted octanol–water partition coefficient (Wildman–Crippen LogP) is 0.792. The van der Waals surface area contributed by atoms with E-state index in [1.807, 2.05) is 0 Å². The lowest BCUT2D eigenvalue weighted by atomic mass is 10.1. The standard InChI is InChI=1S/C13H14FNO4/c14-10-3-1-9(2-4-10)12(13(18)19)15-6-8(7-16)5-11(15)17/h1-4,8,12,16H,5-7H2,(H,18,19). The monoisotopic (exact) mass is 267 g/mol. The van der Waals surface area contributed by atoms with Crippen molar-refractivity contribution in [3.05, 3.63) is 35.6 Å². The third kappa shape index (κ3) is 2.73. The van der Waals surface area contributed by atoms with E-state index in [1.54, 1.807) is 0 Å². The summed E-state index contributed by atoms with van der Waals surface area (Å²) in [6, 6.07) is 3.90. The first-order valence-electron chi connectivity index (χ1n) is 5.91. The zero-order valence-electron chi connectivity index (χ0n) is 10.1. The van der Waals surface area contributed by atoms with Gasteiger partial charge in [0, 0.05) is 25.5 Å². The number of carbonyl (C=O) groups is 2. The molecule has 1 heterocycles. The number of carboxylic acid groups (broad SMARTS) is 1. The number of likely N-dealkylation sites (tertiary alicyclic amines) is 1. The van der Waals surface area contributed by atoms with Crippen LogP contribution in [0.3, 0.4) is 0 Å². The average molecular weight is 267 g/mol. The molecule has 0 saturated carbocycles. The Balaban J connectivity index is 2.28. The summed E-state index contributed by atoms with van der Waals surface area (Å²) in [6.45, 7) is 0.0433. The molecule has 1 aliphatic rings. The van der Waals surface area contributed by atoms with Crippen LogP contribution in [0.2, 0.25) is 0 Å². The summed E-state index contributed by atoms with van der Waals surface area (Å²) in [4.78, 5) is 24.4. The van der Waals surface area contributed by atoms with Crippen molar-refractivity contribution in [3.63, 3.8) is 0 Å². The number of hydrogen-bond acceptors (Lipinski definition) is 3. The molecule has 0 bridgehead atoms. The zero-order valence-corrected chi connectivity index (χ0v) is 10.1. The van der Waals surface area contributed by atoms with Gasteiger partial charge in [0.15, 0.2) is 6.04 Å². The van der Waals surface area contributed by atoms with Crippen molar-refractivity contribution in [3.8, 4) is 0 Å². The first-order valence-corrected chi connectivity index (χ1v) is 5.91. The van der Waals surface area contributed by atoms with Gasteiger partial charge in [0.1, 0.15) is 5.82 Å². The fourth-order valence-electron chi connectivity index (χ4n) is 2.28. The van der Waals surface area contributed by atoms with Crippen molar-refractivity contribution in [2.24, 2.45) is 5.92 Å². The van der Waals surface area contributed by atoms with E-state index in [1.165, 1.54) is 17.0 Å². The minimum atomic E-state index is -1.17. The van der Waals surface area contributed by atoms with E-state index in [0.717, 1.165) is 12.1 Å². The Kier molecular flexibility index (Phi) is 3.80. The minimum Gasteiger partial charge on any atom is -0.479 e. The van der Waals surface area contributed by atoms with Gasteiger partial charge in [-0.15, -0.1) is 0 Å². The van der Waals surface area contributed by atoms with Gasteiger partial charge in [-0.1, -0.05) is 12.1 Å². The lowest BCUT2D eigenvalue weighted by molar-refractivity contribution is -0.148. The molecule has 102 valence electrons. The highest BCUT2D eigenvalue weighted by Crippen LogP contribution is 2.29. The molecule has 2 atom stereocenters. The summed E-state index contributed by atoms with van der Waals surface area (Å²) in [5.74, 6) is -2.18. The molecule has 1 fully saturated rings. The molecule has 1 aliphatic heterocycles. The maximum absolute atomic E-state index is 12.9. The SMILES string of the molecule is O=C(O)C(c1ccc(F)cc1)N1CC(CO)CC1=O. The second-order valence-corrected chi connectivity index (χ2v) is 4.59. The van der Waals surface area contributed by atoms with Gasteiger partial charge in [-0.05, 0) is 17.7 Å². The van der Waals surface area contributed by atoms with Crippen molar-refractivity contribution in [2.75, 3.05) is 13.2 Å². The van der Waals surface area contributed by atoms with Crippen LogP contribution in [0.25, 0.3) is 0 Å². The van der Waals surface area contributed by atoms with Gasteiger partial charge < -0.3 is 15.1 Å². The molecule has 2 unspecified atom stereocenters. The van der Waals surface area contributed by atoms with Crippen LogP contribution in [-0.4, -0.2) is 40.1 Å². The molecule has 0 spiro atoms. The van der Waals surface area contributed by atoms with E-state index in [2.05, 4.69) is 0 Å². The minimum absolute atomic E-state index is 0.140. The van der Waals surface area contributed by atoms with Crippen LogP contribution in [0.1, 0.15) is 18.0 Å². The normalized spacial score (nSPS) is 20.6. The number of halogens is 1. The zero-order chi connectivity index (χ0) is 14.0. The number of carboxylic acids is 1. The molecular weight excluding hydrogens is 253 g/mol. The van der Waals surface area contributed by atoms with Crippen molar-refractivity contribution >= 4 is 11.9 Å². The molecule has 6 heteroatoms. The van der Waals surface area contributed by atoms with E-state index < -0.39 is 17.8 Å². The summed E-state index contributed by atoms with van der Waals surface area (Å²) >= 11 is 0. The van der Waals surface area contributed by atoms with Gasteiger partial charge in [-0.3, -0.25) is 4.79 Å². The van der Waals surface area contributed by atoms with Crippen LogP contribution in [-0.2, 0) is 9.59 Å². The second-order valence-electron chi connectivity index (χ2n) is 4.59. The van der Waals surface area contributed by atoms with E-state index >= 15 is 0 Å².